The average Bonchev–Trinajstić information content (AvgIpc) is 3.02. The number of nitrogens with one attached hydrogen (secondary N) is 2. The molecule has 0 unspecified atom stereocenters. The molecule has 0 saturated carbocycles. The van der Waals surface area contributed by atoms with E-state index in [4.69, 9.17) is 0 Å². The van der Waals surface area contributed by atoms with Crippen molar-refractivity contribution in [1.29, 1.82) is 0 Å². The lowest BCUT2D eigenvalue weighted by molar-refractivity contribution is 0.262. The summed E-state index contributed by atoms with van der Waals surface area (Å²) in [6, 6.07) is 11.3. The molecule has 1 aromatic carbocycles. The van der Waals surface area contributed by atoms with Crippen LogP contribution in [0.1, 0.15) is 18.4 Å². The van der Waals surface area contributed by atoms with Crippen LogP contribution in [0.3, 0.4) is 0 Å². The summed E-state index contributed by atoms with van der Waals surface area (Å²) >= 11 is 0. The standard InChI is InChI=1S/C17H20N4O/c1-13-5-4-6-14(11-13)19-17(22)20-15-7-8-16(18-12-15)21-9-2-3-10-21/h4-8,11-12H,2-3,9-10H2,1H3,(H2,19,20,22). The number of amides is 2. The summed E-state index contributed by atoms with van der Waals surface area (Å²) in [5.41, 5.74) is 2.57. The van der Waals surface area contributed by atoms with E-state index in [0.29, 0.717) is 5.69 Å². The molecule has 1 saturated heterocycles. The van der Waals surface area contributed by atoms with Crippen LogP contribution in [0.4, 0.5) is 22.0 Å². The molecule has 1 aliphatic rings. The van der Waals surface area contributed by atoms with Gasteiger partial charge >= 0.3 is 6.03 Å². The van der Waals surface area contributed by atoms with Gasteiger partial charge in [0.1, 0.15) is 5.82 Å². The quantitative estimate of drug-likeness (QED) is 0.909. The maximum Gasteiger partial charge on any atom is 0.323 e. The highest BCUT2D eigenvalue weighted by atomic mass is 16.2. The van der Waals surface area contributed by atoms with Gasteiger partial charge in [-0.15, -0.1) is 0 Å². The molecule has 3 rings (SSSR count). The Labute approximate surface area is 130 Å². The van der Waals surface area contributed by atoms with Crippen LogP contribution in [0.5, 0.6) is 0 Å². The van der Waals surface area contributed by atoms with Crippen molar-refractivity contribution in [1.82, 2.24) is 4.98 Å². The molecular formula is C17H20N4O. The number of hydrogen-bond donors (Lipinski definition) is 2. The summed E-state index contributed by atoms with van der Waals surface area (Å²) < 4.78 is 0. The fraction of sp³-hybridized carbons (Fsp3) is 0.294. The molecule has 0 atom stereocenters. The second-order valence-electron chi connectivity index (χ2n) is 5.55. The molecule has 1 aliphatic heterocycles. The van der Waals surface area contributed by atoms with E-state index in [0.717, 1.165) is 30.2 Å². The monoisotopic (exact) mass is 296 g/mol. The lowest BCUT2D eigenvalue weighted by Crippen LogP contribution is -2.21. The first-order valence-corrected chi connectivity index (χ1v) is 7.56. The highest BCUT2D eigenvalue weighted by molar-refractivity contribution is 5.99. The number of rotatable bonds is 3. The van der Waals surface area contributed by atoms with E-state index in [1.807, 2.05) is 43.3 Å². The molecule has 114 valence electrons. The number of anilines is 3. The number of aryl methyl sites for hydroxylation is 1. The molecule has 2 aromatic rings. The van der Waals surface area contributed by atoms with Crippen LogP contribution in [0.15, 0.2) is 42.6 Å². The van der Waals surface area contributed by atoms with Gasteiger partial charge in [-0.3, -0.25) is 0 Å². The van der Waals surface area contributed by atoms with Crippen LogP contribution in [0.25, 0.3) is 0 Å². The Balaban J connectivity index is 1.59. The molecule has 22 heavy (non-hydrogen) atoms. The number of urea groups is 1. The Morgan fingerprint density at radius 1 is 1.09 bits per heavy atom. The van der Waals surface area contributed by atoms with Crippen LogP contribution in [0, 0.1) is 6.92 Å². The predicted molar refractivity (Wildman–Crippen MR) is 89.5 cm³/mol. The topological polar surface area (TPSA) is 57.3 Å². The van der Waals surface area contributed by atoms with Crippen LogP contribution < -0.4 is 15.5 Å². The third-order valence-corrected chi connectivity index (χ3v) is 3.71. The minimum absolute atomic E-state index is 0.263. The second kappa shape index (κ2) is 6.47. The van der Waals surface area contributed by atoms with Crippen molar-refractivity contribution in [3.05, 3.63) is 48.2 Å². The van der Waals surface area contributed by atoms with Gasteiger partial charge in [0.25, 0.3) is 0 Å². The van der Waals surface area contributed by atoms with Crippen molar-refractivity contribution in [3.63, 3.8) is 0 Å². The molecule has 1 fully saturated rings. The van der Waals surface area contributed by atoms with E-state index in [1.165, 1.54) is 12.8 Å². The van der Waals surface area contributed by atoms with Gasteiger partial charge in [-0.2, -0.15) is 0 Å². The number of pyridine rings is 1. The molecule has 5 heteroatoms. The van der Waals surface area contributed by atoms with Crippen molar-refractivity contribution in [3.8, 4) is 0 Å². The first-order valence-electron chi connectivity index (χ1n) is 7.56. The van der Waals surface area contributed by atoms with E-state index < -0.39 is 0 Å². The molecule has 5 nitrogen and oxygen atoms in total. The minimum atomic E-state index is -0.263. The van der Waals surface area contributed by atoms with Crippen molar-refractivity contribution in [2.45, 2.75) is 19.8 Å². The van der Waals surface area contributed by atoms with Gasteiger partial charge in [0.15, 0.2) is 0 Å². The maximum atomic E-state index is 12.0. The van der Waals surface area contributed by atoms with Crippen molar-refractivity contribution >= 4 is 23.2 Å². The van der Waals surface area contributed by atoms with E-state index in [2.05, 4.69) is 20.5 Å². The number of benzene rings is 1. The normalized spacial score (nSPS) is 14.0. The summed E-state index contributed by atoms with van der Waals surface area (Å²) in [6.45, 7) is 4.12. The van der Waals surface area contributed by atoms with Gasteiger partial charge in [0, 0.05) is 18.8 Å². The lowest BCUT2D eigenvalue weighted by Gasteiger charge is -2.16. The first-order chi connectivity index (χ1) is 10.7. The summed E-state index contributed by atoms with van der Waals surface area (Å²) in [5, 5.41) is 5.61. The van der Waals surface area contributed by atoms with E-state index in [-0.39, 0.29) is 6.03 Å². The Kier molecular flexibility index (Phi) is 4.23. The highest BCUT2D eigenvalue weighted by Crippen LogP contribution is 2.19. The highest BCUT2D eigenvalue weighted by Gasteiger charge is 2.13. The van der Waals surface area contributed by atoms with Gasteiger partial charge in [-0.25, -0.2) is 9.78 Å². The molecule has 2 amide bonds. The van der Waals surface area contributed by atoms with Crippen LogP contribution >= 0.6 is 0 Å². The lowest BCUT2D eigenvalue weighted by atomic mass is 10.2. The van der Waals surface area contributed by atoms with Crippen LogP contribution in [0.2, 0.25) is 0 Å². The Morgan fingerprint density at radius 2 is 1.86 bits per heavy atom. The third-order valence-electron chi connectivity index (χ3n) is 3.71. The Bertz CT molecular complexity index is 648. The van der Waals surface area contributed by atoms with Gasteiger partial charge in [0.05, 0.1) is 11.9 Å². The summed E-state index contributed by atoms with van der Waals surface area (Å²) in [4.78, 5) is 18.7. The summed E-state index contributed by atoms with van der Waals surface area (Å²) in [7, 11) is 0. The van der Waals surface area contributed by atoms with Gasteiger partial charge in [0.2, 0.25) is 0 Å². The van der Waals surface area contributed by atoms with E-state index >= 15 is 0 Å². The van der Waals surface area contributed by atoms with Gasteiger partial charge in [-0.1, -0.05) is 12.1 Å². The number of carbonyl (C=O) groups excluding carboxylic acids is 1. The molecule has 2 N–H and O–H groups in total. The number of hydrogen-bond acceptors (Lipinski definition) is 3. The zero-order valence-electron chi connectivity index (χ0n) is 12.7. The van der Waals surface area contributed by atoms with E-state index in [9.17, 15) is 4.79 Å². The largest absolute Gasteiger partial charge is 0.357 e. The third kappa shape index (κ3) is 3.55. The molecule has 1 aromatic heterocycles. The number of nitrogens with zero attached hydrogens (tertiary/aromatic N) is 2. The fourth-order valence-electron chi connectivity index (χ4n) is 2.61. The van der Waals surface area contributed by atoms with Gasteiger partial charge in [-0.05, 0) is 49.6 Å². The molecule has 0 aliphatic carbocycles. The average molecular weight is 296 g/mol. The van der Waals surface area contributed by atoms with Crippen LogP contribution in [-0.4, -0.2) is 24.1 Å². The maximum absolute atomic E-state index is 12.0. The predicted octanol–water partition coefficient (Wildman–Crippen LogP) is 3.63. The van der Waals surface area contributed by atoms with E-state index in [1.54, 1.807) is 6.20 Å². The first kappa shape index (κ1) is 14.4. The second-order valence-corrected chi connectivity index (χ2v) is 5.55. The van der Waals surface area contributed by atoms with Crippen molar-refractivity contribution in [2.75, 3.05) is 28.6 Å². The molecule has 0 radical (unpaired) electrons. The number of aromatic nitrogens is 1. The fourth-order valence-corrected chi connectivity index (χ4v) is 2.61. The van der Waals surface area contributed by atoms with Gasteiger partial charge < -0.3 is 15.5 Å². The Morgan fingerprint density at radius 3 is 2.55 bits per heavy atom. The Hall–Kier alpha value is -2.56. The smallest absolute Gasteiger partial charge is 0.323 e. The number of carbonyl (C=O) groups is 1. The molecule has 0 spiro atoms. The molecule has 0 bridgehead atoms. The SMILES string of the molecule is Cc1cccc(NC(=O)Nc2ccc(N3CCCC3)nc2)c1. The molecule has 2 heterocycles. The summed E-state index contributed by atoms with van der Waals surface area (Å²) in [6.07, 6.45) is 4.14. The zero-order chi connectivity index (χ0) is 15.4. The molecular weight excluding hydrogens is 276 g/mol. The zero-order valence-corrected chi connectivity index (χ0v) is 12.7. The van der Waals surface area contributed by atoms with Crippen LogP contribution in [-0.2, 0) is 0 Å². The minimum Gasteiger partial charge on any atom is -0.357 e. The van der Waals surface area contributed by atoms with Crippen molar-refractivity contribution < 1.29 is 4.79 Å². The van der Waals surface area contributed by atoms with Crippen molar-refractivity contribution in [2.24, 2.45) is 0 Å². The summed E-state index contributed by atoms with van der Waals surface area (Å²) in [5.74, 6) is 0.974.